The monoisotopic (exact) mass is 225 g/mol. The number of nitrogens with one attached hydrogen (secondary N) is 1. The minimum atomic E-state index is 0.939. The fourth-order valence-electron chi connectivity index (χ4n) is 1.14. The molecule has 0 saturated heterocycles. The summed E-state index contributed by atoms with van der Waals surface area (Å²) in [6, 6.07) is 3.95. The summed E-state index contributed by atoms with van der Waals surface area (Å²) in [5.74, 6) is 0.998. The highest BCUT2D eigenvalue weighted by atomic mass is 79.9. The van der Waals surface area contributed by atoms with E-state index in [1.165, 1.54) is 0 Å². The molecule has 2 aromatic heterocycles. The number of rotatable bonds is 1. The zero-order valence-electron chi connectivity index (χ0n) is 6.58. The predicted molar refractivity (Wildman–Crippen MR) is 52.4 cm³/mol. The fraction of sp³-hybridized carbons (Fsp3) is 0.125. The van der Waals surface area contributed by atoms with E-state index >= 15 is 0 Å². The first-order valence-electron chi connectivity index (χ1n) is 3.61. The van der Waals surface area contributed by atoms with Crippen molar-refractivity contribution in [1.29, 1.82) is 0 Å². The molecular formula is C8H8BrN3. The molecule has 0 amide bonds. The minimum Gasteiger partial charge on any atom is -0.373 e. The van der Waals surface area contributed by atoms with Gasteiger partial charge in [-0.15, -0.1) is 0 Å². The molecule has 1 N–H and O–H groups in total. The third kappa shape index (κ3) is 1.08. The molecule has 0 radical (unpaired) electrons. The third-order valence-corrected chi connectivity index (χ3v) is 2.22. The largest absolute Gasteiger partial charge is 0.373 e. The Labute approximate surface area is 78.6 Å². The topological polar surface area (TPSA) is 29.3 Å². The van der Waals surface area contributed by atoms with Gasteiger partial charge >= 0.3 is 0 Å². The zero-order valence-corrected chi connectivity index (χ0v) is 8.17. The van der Waals surface area contributed by atoms with Crippen LogP contribution in [0.3, 0.4) is 0 Å². The maximum atomic E-state index is 4.22. The van der Waals surface area contributed by atoms with E-state index in [1.54, 1.807) is 0 Å². The van der Waals surface area contributed by atoms with Crippen molar-refractivity contribution < 1.29 is 0 Å². The van der Waals surface area contributed by atoms with Crippen LogP contribution in [-0.2, 0) is 0 Å². The molecule has 0 aliphatic rings. The maximum absolute atomic E-state index is 4.22. The maximum Gasteiger partial charge on any atom is 0.139 e. The number of hydrogen-bond acceptors (Lipinski definition) is 2. The number of fused-ring (bicyclic) bond motifs is 1. The van der Waals surface area contributed by atoms with Crippen LogP contribution in [0.4, 0.5) is 5.82 Å². The number of pyridine rings is 1. The Morgan fingerprint density at radius 1 is 1.58 bits per heavy atom. The van der Waals surface area contributed by atoms with Crippen LogP contribution >= 0.6 is 15.9 Å². The fourth-order valence-corrected chi connectivity index (χ4v) is 1.46. The molecular weight excluding hydrogens is 218 g/mol. The molecule has 0 bridgehead atoms. The molecule has 2 aromatic rings. The van der Waals surface area contributed by atoms with Gasteiger partial charge in [0.05, 0.1) is 6.20 Å². The smallest absolute Gasteiger partial charge is 0.139 e. The number of imidazole rings is 1. The Morgan fingerprint density at radius 2 is 2.42 bits per heavy atom. The van der Waals surface area contributed by atoms with Gasteiger partial charge in [0, 0.05) is 17.7 Å². The summed E-state index contributed by atoms with van der Waals surface area (Å²) in [4.78, 5) is 4.22. The van der Waals surface area contributed by atoms with Crippen LogP contribution in [0, 0.1) is 0 Å². The van der Waals surface area contributed by atoms with E-state index < -0.39 is 0 Å². The molecule has 0 aliphatic heterocycles. The quantitative estimate of drug-likeness (QED) is 0.807. The van der Waals surface area contributed by atoms with Gasteiger partial charge in [0.25, 0.3) is 0 Å². The van der Waals surface area contributed by atoms with Crippen molar-refractivity contribution >= 4 is 27.4 Å². The standard InChI is InChI=1S/C8H8BrN3/c1-10-8-5-11-7-4-6(9)2-3-12(7)8/h2-5,10H,1H3. The van der Waals surface area contributed by atoms with Crippen LogP contribution in [0.5, 0.6) is 0 Å². The summed E-state index contributed by atoms with van der Waals surface area (Å²) in [7, 11) is 1.88. The molecule has 0 aliphatic carbocycles. The number of hydrogen-bond donors (Lipinski definition) is 1. The average Bonchev–Trinajstić information content (AvgIpc) is 2.46. The summed E-state index contributed by atoms with van der Waals surface area (Å²) in [5.41, 5.74) is 0.939. The number of nitrogens with zero attached hydrogens (tertiary/aromatic N) is 2. The highest BCUT2D eigenvalue weighted by molar-refractivity contribution is 9.10. The third-order valence-electron chi connectivity index (χ3n) is 1.73. The van der Waals surface area contributed by atoms with Gasteiger partial charge in [-0.05, 0) is 12.1 Å². The summed E-state index contributed by atoms with van der Waals surface area (Å²) in [6.07, 6.45) is 3.78. The van der Waals surface area contributed by atoms with Gasteiger partial charge < -0.3 is 5.32 Å². The summed E-state index contributed by atoms with van der Waals surface area (Å²) < 4.78 is 3.04. The van der Waals surface area contributed by atoms with Crippen molar-refractivity contribution in [2.75, 3.05) is 12.4 Å². The first-order valence-corrected chi connectivity index (χ1v) is 4.41. The lowest BCUT2D eigenvalue weighted by atomic mass is 10.5. The van der Waals surface area contributed by atoms with Crippen molar-refractivity contribution in [2.45, 2.75) is 0 Å². The van der Waals surface area contributed by atoms with Gasteiger partial charge in [-0.2, -0.15) is 0 Å². The van der Waals surface area contributed by atoms with Crippen LogP contribution in [-0.4, -0.2) is 16.4 Å². The second-order valence-electron chi connectivity index (χ2n) is 2.47. The van der Waals surface area contributed by atoms with Crippen LogP contribution < -0.4 is 5.32 Å². The van der Waals surface area contributed by atoms with Crippen LogP contribution in [0.25, 0.3) is 5.65 Å². The average molecular weight is 226 g/mol. The Morgan fingerprint density at radius 3 is 3.17 bits per heavy atom. The first kappa shape index (κ1) is 7.61. The van der Waals surface area contributed by atoms with Gasteiger partial charge in [-0.1, -0.05) is 15.9 Å². The molecule has 0 atom stereocenters. The number of anilines is 1. The minimum absolute atomic E-state index is 0.939. The molecule has 2 rings (SSSR count). The van der Waals surface area contributed by atoms with Crippen LogP contribution in [0.1, 0.15) is 0 Å². The van der Waals surface area contributed by atoms with Crippen molar-refractivity contribution in [2.24, 2.45) is 0 Å². The predicted octanol–water partition coefficient (Wildman–Crippen LogP) is 2.14. The van der Waals surface area contributed by atoms with Crippen molar-refractivity contribution in [3.63, 3.8) is 0 Å². The summed E-state index contributed by atoms with van der Waals surface area (Å²) in [6.45, 7) is 0. The van der Waals surface area contributed by atoms with Crippen molar-refractivity contribution in [1.82, 2.24) is 9.38 Å². The second kappa shape index (κ2) is 2.79. The second-order valence-corrected chi connectivity index (χ2v) is 3.38. The van der Waals surface area contributed by atoms with E-state index in [1.807, 2.05) is 36.0 Å². The van der Waals surface area contributed by atoms with Gasteiger partial charge in [0.2, 0.25) is 0 Å². The number of aromatic nitrogens is 2. The normalized spacial score (nSPS) is 10.5. The molecule has 12 heavy (non-hydrogen) atoms. The Kier molecular flexibility index (Phi) is 1.77. The van der Waals surface area contributed by atoms with Gasteiger partial charge in [-0.3, -0.25) is 4.40 Å². The van der Waals surface area contributed by atoms with E-state index in [0.717, 1.165) is 15.9 Å². The Balaban J connectivity index is 2.73. The van der Waals surface area contributed by atoms with Crippen LogP contribution in [0.15, 0.2) is 29.0 Å². The molecule has 62 valence electrons. The first-order chi connectivity index (χ1) is 5.81. The molecule has 3 nitrogen and oxygen atoms in total. The van der Waals surface area contributed by atoms with Gasteiger partial charge in [0.1, 0.15) is 11.5 Å². The highest BCUT2D eigenvalue weighted by Crippen LogP contribution is 2.15. The van der Waals surface area contributed by atoms with Crippen molar-refractivity contribution in [3.8, 4) is 0 Å². The number of halogens is 1. The summed E-state index contributed by atoms with van der Waals surface area (Å²) in [5, 5.41) is 3.05. The van der Waals surface area contributed by atoms with E-state index in [0.29, 0.717) is 0 Å². The lowest BCUT2D eigenvalue weighted by Gasteiger charge is -1.98. The van der Waals surface area contributed by atoms with Gasteiger partial charge in [0.15, 0.2) is 0 Å². The lowest BCUT2D eigenvalue weighted by Crippen LogP contribution is -1.92. The Hall–Kier alpha value is -1.03. The SMILES string of the molecule is CNc1cnc2cc(Br)ccn12. The molecule has 0 fully saturated rings. The molecule has 0 spiro atoms. The highest BCUT2D eigenvalue weighted by Gasteiger charge is 1.99. The van der Waals surface area contributed by atoms with E-state index in [-0.39, 0.29) is 0 Å². The van der Waals surface area contributed by atoms with Crippen LogP contribution in [0.2, 0.25) is 0 Å². The molecule has 0 aromatic carbocycles. The lowest BCUT2D eigenvalue weighted by molar-refractivity contribution is 1.17. The molecule has 0 unspecified atom stereocenters. The molecule has 0 saturated carbocycles. The molecule has 2 heterocycles. The van der Waals surface area contributed by atoms with E-state index in [2.05, 4.69) is 26.2 Å². The van der Waals surface area contributed by atoms with Gasteiger partial charge in [-0.25, -0.2) is 4.98 Å². The zero-order chi connectivity index (χ0) is 8.55. The Bertz CT molecular complexity index is 408. The molecule has 4 heteroatoms. The van der Waals surface area contributed by atoms with E-state index in [9.17, 15) is 0 Å². The summed E-state index contributed by atoms with van der Waals surface area (Å²) >= 11 is 3.39. The van der Waals surface area contributed by atoms with Crippen molar-refractivity contribution in [3.05, 3.63) is 29.0 Å². The van der Waals surface area contributed by atoms with E-state index in [4.69, 9.17) is 0 Å².